The van der Waals surface area contributed by atoms with Gasteiger partial charge >= 0.3 is 0 Å². The Kier molecular flexibility index (Phi) is 4.86. The predicted octanol–water partition coefficient (Wildman–Crippen LogP) is 5.73. The molecular formula is C22H36O. The summed E-state index contributed by atoms with van der Waals surface area (Å²) in [6.07, 6.45) is 19.2. The van der Waals surface area contributed by atoms with Gasteiger partial charge in [-0.1, -0.05) is 18.6 Å². The van der Waals surface area contributed by atoms with Crippen LogP contribution in [0.4, 0.5) is 0 Å². The lowest BCUT2D eigenvalue weighted by Crippen LogP contribution is -2.31. The molecule has 4 aliphatic carbocycles. The molecule has 0 aliphatic heterocycles. The predicted molar refractivity (Wildman–Crippen MR) is 96.1 cm³/mol. The van der Waals surface area contributed by atoms with Crippen LogP contribution in [-0.4, -0.2) is 11.2 Å². The van der Waals surface area contributed by atoms with Crippen molar-refractivity contribution in [2.45, 2.75) is 90.1 Å². The average Bonchev–Trinajstić information content (AvgIpc) is 3.40. The number of aliphatic hydroxyl groups is 1. The summed E-state index contributed by atoms with van der Waals surface area (Å²) in [5.41, 5.74) is 1.62. The molecule has 0 spiro atoms. The molecular weight excluding hydrogens is 280 g/mol. The minimum Gasteiger partial charge on any atom is -0.392 e. The van der Waals surface area contributed by atoms with Crippen molar-refractivity contribution in [1.29, 1.82) is 0 Å². The van der Waals surface area contributed by atoms with Crippen LogP contribution in [0.2, 0.25) is 0 Å². The molecule has 23 heavy (non-hydrogen) atoms. The highest BCUT2D eigenvalue weighted by Gasteiger charge is 2.37. The molecule has 0 aromatic rings. The molecule has 0 aromatic heterocycles. The second-order valence-corrected chi connectivity index (χ2v) is 9.42. The Bertz CT molecular complexity index is 427. The van der Waals surface area contributed by atoms with Crippen LogP contribution < -0.4 is 0 Å². The largest absolute Gasteiger partial charge is 0.392 e. The summed E-state index contributed by atoms with van der Waals surface area (Å²) in [4.78, 5) is 0. The summed E-state index contributed by atoms with van der Waals surface area (Å²) in [7, 11) is 0. The Morgan fingerprint density at radius 1 is 0.783 bits per heavy atom. The third kappa shape index (κ3) is 3.70. The highest BCUT2D eigenvalue weighted by molar-refractivity contribution is 5.14. The summed E-state index contributed by atoms with van der Waals surface area (Å²) >= 11 is 0. The van der Waals surface area contributed by atoms with Crippen LogP contribution in [0.15, 0.2) is 11.6 Å². The molecule has 0 aromatic carbocycles. The average molecular weight is 317 g/mol. The van der Waals surface area contributed by atoms with E-state index in [0.717, 1.165) is 36.0 Å². The third-order valence-electron chi connectivity index (χ3n) is 7.81. The maximum Gasteiger partial charge on any atom is 0.0608 e. The molecule has 1 nitrogen and oxygen atoms in total. The van der Waals surface area contributed by atoms with Gasteiger partial charge in [0.1, 0.15) is 0 Å². The second kappa shape index (κ2) is 6.90. The fourth-order valence-electron chi connectivity index (χ4n) is 6.08. The lowest BCUT2D eigenvalue weighted by molar-refractivity contribution is 0.0617. The SMILES string of the molecule is CC1CCC(C2=CCC(C3CCC(C4CC4)CC3)CC2)C(O)C1. The van der Waals surface area contributed by atoms with Gasteiger partial charge in [-0.3, -0.25) is 0 Å². The van der Waals surface area contributed by atoms with Gasteiger partial charge in [0.05, 0.1) is 6.10 Å². The van der Waals surface area contributed by atoms with Gasteiger partial charge in [-0.2, -0.15) is 0 Å². The first-order valence-corrected chi connectivity index (χ1v) is 10.6. The number of hydrogen-bond donors (Lipinski definition) is 1. The summed E-state index contributed by atoms with van der Waals surface area (Å²) < 4.78 is 0. The molecule has 3 saturated carbocycles. The molecule has 1 heteroatoms. The molecule has 1 N–H and O–H groups in total. The molecule has 3 fully saturated rings. The zero-order chi connectivity index (χ0) is 15.8. The van der Waals surface area contributed by atoms with E-state index in [-0.39, 0.29) is 6.10 Å². The summed E-state index contributed by atoms with van der Waals surface area (Å²) in [6.45, 7) is 2.29. The molecule has 4 rings (SSSR count). The molecule has 0 radical (unpaired) electrons. The van der Waals surface area contributed by atoms with Crippen molar-refractivity contribution in [2.24, 2.45) is 35.5 Å². The minimum absolute atomic E-state index is 0.0597. The van der Waals surface area contributed by atoms with Crippen LogP contribution >= 0.6 is 0 Å². The van der Waals surface area contributed by atoms with Crippen LogP contribution in [0, 0.1) is 35.5 Å². The van der Waals surface area contributed by atoms with Crippen LogP contribution in [-0.2, 0) is 0 Å². The maximum atomic E-state index is 10.5. The van der Waals surface area contributed by atoms with E-state index < -0.39 is 0 Å². The van der Waals surface area contributed by atoms with Gasteiger partial charge < -0.3 is 5.11 Å². The molecule has 0 saturated heterocycles. The van der Waals surface area contributed by atoms with E-state index in [1.165, 1.54) is 70.6 Å². The summed E-state index contributed by atoms with van der Waals surface area (Å²) in [5, 5.41) is 10.5. The van der Waals surface area contributed by atoms with Crippen LogP contribution in [0.5, 0.6) is 0 Å². The Morgan fingerprint density at radius 2 is 1.39 bits per heavy atom. The Morgan fingerprint density at radius 3 is 1.91 bits per heavy atom. The van der Waals surface area contributed by atoms with Crippen LogP contribution in [0.1, 0.15) is 84.0 Å². The zero-order valence-electron chi connectivity index (χ0n) is 15.1. The fraction of sp³-hybridized carbons (Fsp3) is 0.909. The number of allylic oxidation sites excluding steroid dienone is 1. The van der Waals surface area contributed by atoms with E-state index >= 15 is 0 Å². The third-order valence-corrected chi connectivity index (χ3v) is 7.81. The fourth-order valence-corrected chi connectivity index (χ4v) is 6.08. The van der Waals surface area contributed by atoms with Gasteiger partial charge in [-0.25, -0.2) is 0 Å². The van der Waals surface area contributed by atoms with Crippen molar-refractivity contribution in [3.63, 3.8) is 0 Å². The van der Waals surface area contributed by atoms with Gasteiger partial charge in [-0.05, 0) is 107 Å². The number of hydrogen-bond acceptors (Lipinski definition) is 1. The standard InChI is InChI=1S/C22H36O/c1-15-2-13-21(22(23)14-15)20-11-9-19(10-12-20)18-7-5-17(6-8-18)16-3-4-16/h11,15-19,21-23H,2-10,12-14H2,1H3. The molecule has 0 heterocycles. The zero-order valence-corrected chi connectivity index (χ0v) is 15.1. The van der Waals surface area contributed by atoms with E-state index in [4.69, 9.17) is 0 Å². The molecule has 0 bridgehead atoms. The second-order valence-electron chi connectivity index (χ2n) is 9.42. The van der Waals surface area contributed by atoms with E-state index in [1.807, 2.05) is 0 Å². The van der Waals surface area contributed by atoms with Crippen molar-refractivity contribution in [1.82, 2.24) is 0 Å². The van der Waals surface area contributed by atoms with Gasteiger partial charge in [0.2, 0.25) is 0 Å². The molecule has 4 atom stereocenters. The van der Waals surface area contributed by atoms with E-state index in [1.54, 1.807) is 5.57 Å². The molecule has 4 unspecified atom stereocenters. The summed E-state index contributed by atoms with van der Waals surface area (Å²) in [5.74, 6) is 5.42. The molecule has 130 valence electrons. The van der Waals surface area contributed by atoms with E-state index in [2.05, 4.69) is 13.0 Å². The van der Waals surface area contributed by atoms with E-state index in [9.17, 15) is 5.11 Å². The van der Waals surface area contributed by atoms with E-state index in [0.29, 0.717) is 5.92 Å². The highest BCUT2D eigenvalue weighted by atomic mass is 16.3. The van der Waals surface area contributed by atoms with Crippen LogP contribution in [0.25, 0.3) is 0 Å². The quantitative estimate of drug-likeness (QED) is 0.660. The van der Waals surface area contributed by atoms with Crippen molar-refractivity contribution in [3.05, 3.63) is 11.6 Å². The summed E-state index contributed by atoms with van der Waals surface area (Å²) in [6, 6.07) is 0. The smallest absolute Gasteiger partial charge is 0.0608 e. The van der Waals surface area contributed by atoms with Crippen molar-refractivity contribution in [3.8, 4) is 0 Å². The Hall–Kier alpha value is -0.300. The number of rotatable bonds is 3. The van der Waals surface area contributed by atoms with Crippen molar-refractivity contribution < 1.29 is 5.11 Å². The minimum atomic E-state index is -0.0597. The van der Waals surface area contributed by atoms with Crippen LogP contribution in [0.3, 0.4) is 0 Å². The first-order valence-electron chi connectivity index (χ1n) is 10.6. The first kappa shape index (κ1) is 16.2. The lowest BCUT2D eigenvalue weighted by Gasteiger charge is -2.38. The molecule has 4 aliphatic rings. The maximum absolute atomic E-state index is 10.5. The van der Waals surface area contributed by atoms with Crippen molar-refractivity contribution in [2.75, 3.05) is 0 Å². The van der Waals surface area contributed by atoms with Crippen molar-refractivity contribution >= 4 is 0 Å². The van der Waals surface area contributed by atoms with Gasteiger partial charge in [0.15, 0.2) is 0 Å². The first-order chi connectivity index (χ1) is 11.2. The molecule has 0 amide bonds. The van der Waals surface area contributed by atoms with Gasteiger partial charge in [0, 0.05) is 5.92 Å². The lowest BCUT2D eigenvalue weighted by atomic mass is 9.68. The monoisotopic (exact) mass is 316 g/mol. The Labute approximate surface area is 142 Å². The normalized spacial score (nSPS) is 45.6. The topological polar surface area (TPSA) is 20.2 Å². The Balaban J connectivity index is 1.29. The van der Waals surface area contributed by atoms with Gasteiger partial charge in [0.25, 0.3) is 0 Å². The van der Waals surface area contributed by atoms with Gasteiger partial charge in [-0.15, -0.1) is 0 Å². The highest BCUT2D eigenvalue weighted by Crippen LogP contribution is 2.48. The number of aliphatic hydroxyl groups excluding tert-OH is 1.